The number of hydrogen-bond acceptors (Lipinski definition) is 4. The molecule has 0 aliphatic carbocycles. The molecule has 1 aromatic heterocycles. The van der Waals surface area contributed by atoms with Gasteiger partial charge in [-0.25, -0.2) is 4.98 Å². The number of alkyl halides is 1. The Morgan fingerprint density at radius 3 is 2.28 bits per heavy atom. The second kappa shape index (κ2) is 6.71. The molecule has 0 unspecified atom stereocenters. The summed E-state index contributed by atoms with van der Waals surface area (Å²) in [5, 5.41) is 1.01. The lowest BCUT2D eigenvalue weighted by Crippen LogP contribution is -2.36. The van der Waals surface area contributed by atoms with E-state index in [2.05, 4.69) is 43.9 Å². The van der Waals surface area contributed by atoms with Crippen LogP contribution in [0.5, 0.6) is 0 Å². The lowest BCUT2D eigenvalue weighted by molar-refractivity contribution is 0.544. The molecule has 0 amide bonds. The smallest absolute Gasteiger partial charge is 0.205 e. The first-order valence-electron chi connectivity index (χ1n) is 6.60. The molecular weight excluding hydrogens is 266 g/mol. The fourth-order valence-corrected chi connectivity index (χ4v) is 3.03. The highest BCUT2D eigenvalue weighted by atomic mass is 35.5. The Labute approximate surface area is 120 Å². The van der Waals surface area contributed by atoms with Crippen LogP contribution in [-0.2, 0) is 5.41 Å². The topological polar surface area (TPSA) is 29.0 Å². The van der Waals surface area contributed by atoms with E-state index in [1.807, 2.05) is 0 Å². The van der Waals surface area contributed by atoms with E-state index in [1.165, 1.54) is 11.5 Å². The van der Waals surface area contributed by atoms with Crippen molar-refractivity contribution >= 4 is 28.3 Å². The van der Waals surface area contributed by atoms with Crippen molar-refractivity contribution in [2.24, 2.45) is 0 Å². The van der Waals surface area contributed by atoms with Gasteiger partial charge in [0, 0.05) is 35.4 Å². The van der Waals surface area contributed by atoms with E-state index in [0.29, 0.717) is 11.9 Å². The Bertz CT molecular complexity index is 355. The largest absolute Gasteiger partial charge is 0.343 e. The van der Waals surface area contributed by atoms with Crippen molar-refractivity contribution in [2.75, 3.05) is 17.3 Å². The summed E-state index contributed by atoms with van der Waals surface area (Å²) in [5.74, 6) is 1.55. The van der Waals surface area contributed by atoms with E-state index < -0.39 is 0 Å². The molecule has 0 fully saturated rings. The summed E-state index contributed by atoms with van der Waals surface area (Å²) in [6.45, 7) is 11.7. The maximum atomic E-state index is 5.92. The van der Waals surface area contributed by atoms with Crippen LogP contribution in [0.2, 0.25) is 0 Å². The molecule has 0 radical (unpaired) electrons. The zero-order chi connectivity index (χ0) is 13.8. The van der Waals surface area contributed by atoms with Crippen molar-refractivity contribution in [2.45, 2.75) is 58.9 Å². The van der Waals surface area contributed by atoms with E-state index in [1.54, 1.807) is 0 Å². The minimum Gasteiger partial charge on any atom is -0.343 e. The molecule has 0 spiro atoms. The molecule has 0 atom stereocenters. The Morgan fingerprint density at radius 1 is 1.28 bits per heavy atom. The molecule has 0 aromatic carbocycles. The highest BCUT2D eigenvalue weighted by molar-refractivity contribution is 7.09. The molecule has 5 heteroatoms. The Hall–Kier alpha value is -0.350. The monoisotopic (exact) mass is 289 g/mol. The van der Waals surface area contributed by atoms with Crippen LogP contribution < -0.4 is 4.90 Å². The lowest BCUT2D eigenvalue weighted by Gasteiger charge is -2.29. The number of aromatic nitrogens is 2. The summed E-state index contributed by atoms with van der Waals surface area (Å²) in [6.07, 6.45) is 2.22. The number of nitrogens with zero attached hydrogens (tertiary/aromatic N) is 3. The van der Waals surface area contributed by atoms with Gasteiger partial charge in [-0.2, -0.15) is 4.37 Å². The predicted molar refractivity (Wildman–Crippen MR) is 81.0 cm³/mol. The molecule has 3 nitrogen and oxygen atoms in total. The van der Waals surface area contributed by atoms with Gasteiger partial charge in [-0.1, -0.05) is 34.6 Å². The SMILES string of the molecule is CCC(CC)N(CCCl)c1nc(C(C)(C)C)ns1. The molecule has 104 valence electrons. The molecular formula is C13H24ClN3S. The van der Waals surface area contributed by atoms with Gasteiger partial charge in [-0.3, -0.25) is 0 Å². The molecule has 0 saturated heterocycles. The van der Waals surface area contributed by atoms with Gasteiger partial charge in [0.05, 0.1) is 0 Å². The van der Waals surface area contributed by atoms with Crippen LogP contribution in [0, 0.1) is 0 Å². The van der Waals surface area contributed by atoms with Crippen molar-refractivity contribution in [1.82, 2.24) is 9.36 Å². The standard InChI is InChI=1S/C13H24ClN3S/c1-6-10(7-2)17(9-8-14)12-15-11(16-18-12)13(3,4)5/h10H,6-9H2,1-5H3. The van der Waals surface area contributed by atoms with Crippen molar-refractivity contribution in [1.29, 1.82) is 0 Å². The van der Waals surface area contributed by atoms with Crippen LogP contribution in [-0.4, -0.2) is 27.8 Å². The molecule has 0 N–H and O–H groups in total. The number of halogens is 1. The highest BCUT2D eigenvalue weighted by Gasteiger charge is 2.24. The maximum absolute atomic E-state index is 5.92. The summed E-state index contributed by atoms with van der Waals surface area (Å²) >= 11 is 7.41. The van der Waals surface area contributed by atoms with Crippen LogP contribution in [0.15, 0.2) is 0 Å². The molecule has 0 aliphatic heterocycles. The number of anilines is 1. The zero-order valence-electron chi connectivity index (χ0n) is 12.0. The Morgan fingerprint density at radius 2 is 1.89 bits per heavy atom. The van der Waals surface area contributed by atoms with Crippen LogP contribution in [0.25, 0.3) is 0 Å². The van der Waals surface area contributed by atoms with Crippen molar-refractivity contribution in [3.8, 4) is 0 Å². The third kappa shape index (κ3) is 3.82. The van der Waals surface area contributed by atoms with Gasteiger partial charge < -0.3 is 4.90 Å². The number of rotatable bonds is 6. The fraction of sp³-hybridized carbons (Fsp3) is 0.846. The summed E-state index contributed by atoms with van der Waals surface area (Å²) in [7, 11) is 0. The highest BCUT2D eigenvalue weighted by Crippen LogP contribution is 2.27. The van der Waals surface area contributed by atoms with Crippen molar-refractivity contribution in [3.63, 3.8) is 0 Å². The second-order valence-electron chi connectivity index (χ2n) is 5.50. The maximum Gasteiger partial charge on any atom is 0.205 e. The lowest BCUT2D eigenvalue weighted by atomic mass is 9.96. The van der Waals surface area contributed by atoms with Gasteiger partial charge in [0.25, 0.3) is 0 Å². The fourth-order valence-electron chi connectivity index (χ4n) is 1.89. The average Bonchev–Trinajstić information content (AvgIpc) is 2.78. The second-order valence-corrected chi connectivity index (χ2v) is 6.61. The summed E-state index contributed by atoms with van der Waals surface area (Å²) < 4.78 is 4.49. The summed E-state index contributed by atoms with van der Waals surface area (Å²) in [5.41, 5.74) is 0.00924. The Balaban J connectivity index is 2.95. The van der Waals surface area contributed by atoms with Crippen LogP contribution >= 0.6 is 23.1 Å². The van der Waals surface area contributed by atoms with E-state index in [9.17, 15) is 0 Å². The van der Waals surface area contributed by atoms with Gasteiger partial charge >= 0.3 is 0 Å². The Kier molecular flexibility index (Phi) is 5.86. The van der Waals surface area contributed by atoms with Crippen LogP contribution in [0.1, 0.15) is 53.3 Å². The molecule has 0 aliphatic rings. The summed E-state index contributed by atoms with van der Waals surface area (Å²) in [6, 6.07) is 0.504. The third-order valence-corrected chi connectivity index (χ3v) is 3.96. The number of hydrogen-bond donors (Lipinski definition) is 0. The van der Waals surface area contributed by atoms with Crippen molar-refractivity contribution < 1.29 is 0 Å². The predicted octanol–water partition coefficient (Wildman–Crippen LogP) is 4.07. The first kappa shape index (κ1) is 15.7. The molecule has 1 heterocycles. The van der Waals surface area contributed by atoms with Crippen LogP contribution in [0.4, 0.5) is 5.13 Å². The van der Waals surface area contributed by atoms with E-state index in [4.69, 9.17) is 16.6 Å². The molecule has 0 saturated carbocycles. The van der Waals surface area contributed by atoms with Gasteiger partial charge in [-0.05, 0) is 12.8 Å². The quantitative estimate of drug-likeness (QED) is 0.739. The van der Waals surface area contributed by atoms with Crippen LogP contribution in [0.3, 0.4) is 0 Å². The van der Waals surface area contributed by atoms with E-state index in [-0.39, 0.29) is 5.41 Å². The first-order chi connectivity index (χ1) is 8.43. The van der Waals surface area contributed by atoms with E-state index in [0.717, 1.165) is 30.3 Å². The van der Waals surface area contributed by atoms with E-state index >= 15 is 0 Å². The third-order valence-electron chi connectivity index (χ3n) is 3.04. The normalized spacial score (nSPS) is 12.2. The van der Waals surface area contributed by atoms with Gasteiger partial charge in [-0.15, -0.1) is 11.6 Å². The minimum absolute atomic E-state index is 0.00924. The van der Waals surface area contributed by atoms with Gasteiger partial charge in [0.1, 0.15) is 5.82 Å². The molecule has 18 heavy (non-hydrogen) atoms. The molecule has 0 bridgehead atoms. The van der Waals surface area contributed by atoms with Crippen molar-refractivity contribution in [3.05, 3.63) is 5.82 Å². The molecule has 1 aromatic rings. The molecule has 1 rings (SSSR count). The van der Waals surface area contributed by atoms with Gasteiger partial charge in [0.2, 0.25) is 5.13 Å². The zero-order valence-corrected chi connectivity index (χ0v) is 13.6. The first-order valence-corrected chi connectivity index (χ1v) is 7.91. The van der Waals surface area contributed by atoms with Gasteiger partial charge in [0.15, 0.2) is 0 Å². The average molecular weight is 290 g/mol. The minimum atomic E-state index is 0.00924. The summed E-state index contributed by atoms with van der Waals surface area (Å²) in [4.78, 5) is 7.00.